The van der Waals surface area contributed by atoms with E-state index in [1.54, 1.807) is 11.8 Å². The van der Waals surface area contributed by atoms with Crippen molar-refractivity contribution in [1.82, 2.24) is 10.6 Å². The highest BCUT2D eigenvalue weighted by Crippen LogP contribution is 2.37. The molecule has 45 heavy (non-hydrogen) atoms. The molecule has 0 spiro atoms. The van der Waals surface area contributed by atoms with Gasteiger partial charge in [-0.25, -0.2) is 9.59 Å². The first kappa shape index (κ1) is 35.2. The molecule has 4 rings (SSSR count). The molecular formula is C32H46B2N2O8S. The van der Waals surface area contributed by atoms with Crippen molar-refractivity contribution >= 4 is 49.1 Å². The number of thioether (sulfide) groups is 1. The Bertz CT molecular complexity index is 1170. The fourth-order valence-electron chi connectivity index (χ4n) is 4.45. The summed E-state index contributed by atoms with van der Waals surface area (Å²) in [7, 11) is -0.853. The normalized spacial score (nSPS) is 19.3. The first-order valence-electron chi connectivity index (χ1n) is 15.4. The summed E-state index contributed by atoms with van der Waals surface area (Å²) in [4.78, 5) is 24.1. The number of carbonyl (C=O) groups is 2. The molecule has 2 saturated heterocycles. The van der Waals surface area contributed by atoms with Crippen molar-refractivity contribution in [2.75, 3.05) is 24.6 Å². The van der Waals surface area contributed by atoms with Crippen molar-refractivity contribution in [1.29, 1.82) is 0 Å². The molecule has 0 bridgehead atoms. The minimum atomic E-state index is -0.476. The molecule has 0 radical (unpaired) electrons. The number of hydrogen-bond donors (Lipinski definition) is 2. The monoisotopic (exact) mass is 640 g/mol. The lowest BCUT2D eigenvalue weighted by atomic mass is 9.79. The molecular weight excluding hydrogens is 594 g/mol. The molecule has 2 fully saturated rings. The third-order valence-corrected chi connectivity index (χ3v) is 9.77. The van der Waals surface area contributed by atoms with Crippen LogP contribution in [-0.2, 0) is 41.3 Å². The van der Waals surface area contributed by atoms with E-state index in [4.69, 9.17) is 28.1 Å². The van der Waals surface area contributed by atoms with E-state index in [-0.39, 0.29) is 13.2 Å². The average Bonchev–Trinajstić information content (AvgIpc) is 3.34. The summed E-state index contributed by atoms with van der Waals surface area (Å²) in [5.74, 6) is 1.37. The predicted octanol–water partition coefficient (Wildman–Crippen LogP) is 4.17. The summed E-state index contributed by atoms with van der Waals surface area (Å²) in [6.07, 6.45) is -0.951. The quantitative estimate of drug-likeness (QED) is 0.261. The average molecular weight is 640 g/mol. The van der Waals surface area contributed by atoms with Gasteiger partial charge in [0.15, 0.2) is 0 Å². The number of rotatable bonds is 12. The Hall–Kier alpha value is -2.70. The molecule has 2 aromatic carbocycles. The van der Waals surface area contributed by atoms with Gasteiger partial charge in [-0.1, -0.05) is 48.5 Å². The molecule has 2 heterocycles. The maximum absolute atomic E-state index is 12.1. The van der Waals surface area contributed by atoms with Gasteiger partial charge in [0.2, 0.25) is 0 Å². The third kappa shape index (κ3) is 9.19. The molecule has 2 N–H and O–H groups in total. The second-order valence-electron chi connectivity index (χ2n) is 13.3. The van der Waals surface area contributed by atoms with E-state index in [2.05, 4.69) is 10.6 Å². The van der Waals surface area contributed by atoms with E-state index >= 15 is 0 Å². The molecule has 2 aliphatic heterocycles. The van der Waals surface area contributed by atoms with E-state index in [1.165, 1.54) is 0 Å². The highest BCUT2D eigenvalue weighted by Gasteiger charge is 2.52. The molecule has 0 aromatic heterocycles. The lowest BCUT2D eigenvalue weighted by Gasteiger charge is -2.32. The lowest BCUT2D eigenvalue weighted by molar-refractivity contribution is 0.00578. The molecule has 244 valence electrons. The van der Waals surface area contributed by atoms with Crippen LogP contribution in [0.4, 0.5) is 9.59 Å². The molecule has 10 nitrogen and oxygen atoms in total. The molecule has 0 aliphatic carbocycles. The first-order valence-corrected chi connectivity index (χ1v) is 16.5. The summed E-state index contributed by atoms with van der Waals surface area (Å²) in [6, 6.07) is 15.3. The van der Waals surface area contributed by atoms with Gasteiger partial charge in [0.1, 0.15) is 13.2 Å². The van der Waals surface area contributed by atoms with Gasteiger partial charge in [-0.2, -0.15) is 11.8 Å². The van der Waals surface area contributed by atoms with E-state index in [0.717, 1.165) is 22.1 Å². The Labute approximate surface area is 272 Å². The SMILES string of the molecule is CC1(C)OB(c2ccc(COC(=O)NCCSCCNC(=O)OCc3ccc(B4OC(C)(C)C(C)(C)O4)cc3)cc2)OC1(C)C. The second-order valence-corrected chi connectivity index (χ2v) is 14.5. The van der Waals surface area contributed by atoms with Gasteiger partial charge >= 0.3 is 26.4 Å². The van der Waals surface area contributed by atoms with E-state index in [0.29, 0.717) is 24.6 Å². The number of carbonyl (C=O) groups excluding carboxylic acids is 2. The maximum Gasteiger partial charge on any atom is 0.494 e. The highest BCUT2D eigenvalue weighted by atomic mass is 32.2. The predicted molar refractivity (Wildman–Crippen MR) is 178 cm³/mol. The Morgan fingerprint density at radius 2 is 0.911 bits per heavy atom. The number of alkyl carbamates (subject to hydrolysis) is 2. The smallest absolute Gasteiger partial charge is 0.445 e. The fourth-order valence-corrected chi connectivity index (χ4v) is 5.15. The van der Waals surface area contributed by atoms with Crippen LogP contribution in [0.15, 0.2) is 48.5 Å². The maximum atomic E-state index is 12.1. The van der Waals surface area contributed by atoms with E-state index < -0.39 is 48.8 Å². The van der Waals surface area contributed by atoms with Crippen molar-refractivity contribution < 1.29 is 37.7 Å². The van der Waals surface area contributed by atoms with Crippen molar-refractivity contribution in [3.8, 4) is 0 Å². The zero-order valence-corrected chi connectivity index (χ0v) is 28.5. The summed E-state index contributed by atoms with van der Waals surface area (Å²) >= 11 is 1.60. The molecule has 2 aromatic rings. The summed E-state index contributed by atoms with van der Waals surface area (Å²) < 4.78 is 35.0. The minimum absolute atomic E-state index is 0.166. The summed E-state index contributed by atoms with van der Waals surface area (Å²) in [6.45, 7) is 17.4. The van der Waals surface area contributed by atoms with Gasteiger partial charge in [-0.05, 0) is 77.4 Å². The zero-order valence-electron chi connectivity index (χ0n) is 27.7. The van der Waals surface area contributed by atoms with Crippen LogP contribution in [0, 0.1) is 0 Å². The Balaban J connectivity index is 1.02. The van der Waals surface area contributed by atoms with Gasteiger partial charge in [-0.15, -0.1) is 0 Å². The number of benzene rings is 2. The van der Waals surface area contributed by atoms with Crippen molar-refractivity contribution in [2.24, 2.45) is 0 Å². The molecule has 0 atom stereocenters. The van der Waals surface area contributed by atoms with Crippen LogP contribution in [-0.4, -0.2) is 73.4 Å². The molecule has 2 aliphatic rings. The van der Waals surface area contributed by atoms with Crippen LogP contribution in [0.2, 0.25) is 0 Å². The third-order valence-electron chi connectivity index (χ3n) is 8.78. The van der Waals surface area contributed by atoms with Crippen LogP contribution >= 0.6 is 11.8 Å². The van der Waals surface area contributed by atoms with Crippen LogP contribution in [0.25, 0.3) is 0 Å². The fraction of sp³-hybridized carbons (Fsp3) is 0.562. The van der Waals surface area contributed by atoms with E-state index in [1.807, 2.05) is 104 Å². The Morgan fingerprint density at radius 1 is 0.600 bits per heavy atom. The number of nitrogens with one attached hydrogen (secondary N) is 2. The molecule has 13 heteroatoms. The molecule has 2 amide bonds. The van der Waals surface area contributed by atoms with Gasteiger partial charge in [-0.3, -0.25) is 0 Å². The van der Waals surface area contributed by atoms with Crippen molar-refractivity contribution in [3.63, 3.8) is 0 Å². The van der Waals surface area contributed by atoms with Crippen molar-refractivity contribution in [3.05, 3.63) is 59.7 Å². The van der Waals surface area contributed by atoms with Crippen LogP contribution < -0.4 is 21.6 Å². The molecule has 0 saturated carbocycles. The lowest BCUT2D eigenvalue weighted by Crippen LogP contribution is -2.41. The Morgan fingerprint density at radius 3 is 1.22 bits per heavy atom. The number of amides is 2. The Kier molecular flexibility index (Phi) is 11.2. The topological polar surface area (TPSA) is 114 Å². The minimum Gasteiger partial charge on any atom is -0.445 e. The van der Waals surface area contributed by atoms with E-state index in [9.17, 15) is 9.59 Å². The van der Waals surface area contributed by atoms with Gasteiger partial charge < -0.3 is 38.7 Å². The van der Waals surface area contributed by atoms with Crippen LogP contribution in [0.3, 0.4) is 0 Å². The molecule has 0 unspecified atom stereocenters. The second kappa shape index (κ2) is 14.4. The number of hydrogen-bond acceptors (Lipinski definition) is 9. The number of ether oxygens (including phenoxy) is 2. The summed E-state index contributed by atoms with van der Waals surface area (Å²) in [5.41, 5.74) is 1.99. The van der Waals surface area contributed by atoms with Gasteiger partial charge in [0.25, 0.3) is 0 Å². The van der Waals surface area contributed by atoms with Crippen LogP contribution in [0.5, 0.6) is 0 Å². The standard InChI is InChI=1S/C32H46B2N2O8S/c1-29(2)30(3,4)42-33(41-29)25-13-9-23(10-14-25)21-39-27(37)35-17-19-45-20-18-36-28(38)40-22-24-11-15-26(16-12-24)34-43-31(5,6)32(7,8)44-34/h9-16H,17-22H2,1-8H3,(H,35,37)(H,36,38). The first-order chi connectivity index (χ1) is 21.1. The van der Waals surface area contributed by atoms with Crippen molar-refractivity contribution in [2.45, 2.75) is 91.0 Å². The highest BCUT2D eigenvalue weighted by molar-refractivity contribution is 7.99. The summed E-state index contributed by atoms with van der Waals surface area (Å²) in [5, 5.41) is 5.49. The zero-order chi connectivity index (χ0) is 32.9. The van der Waals surface area contributed by atoms with Crippen LogP contribution in [0.1, 0.15) is 66.5 Å². The van der Waals surface area contributed by atoms with Gasteiger partial charge in [0.05, 0.1) is 22.4 Å². The largest absolute Gasteiger partial charge is 0.494 e. The van der Waals surface area contributed by atoms with Gasteiger partial charge in [0, 0.05) is 24.6 Å².